The minimum atomic E-state index is 0.114. The number of benzene rings is 1. The van der Waals surface area contributed by atoms with Crippen LogP contribution >= 0.6 is 0 Å². The van der Waals surface area contributed by atoms with Crippen molar-refractivity contribution in [3.8, 4) is 0 Å². The smallest absolute Gasteiger partial charge is 0.137 e. The van der Waals surface area contributed by atoms with Crippen molar-refractivity contribution in [3.05, 3.63) is 48.0 Å². The van der Waals surface area contributed by atoms with Crippen LogP contribution in [0.1, 0.15) is 30.1 Å². The van der Waals surface area contributed by atoms with E-state index in [4.69, 9.17) is 5.11 Å². The summed E-state index contributed by atoms with van der Waals surface area (Å²) < 4.78 is 1.92. The number of para-hydroxylation sites is 1. The van der Waals surface area contributed by atoms with Gasteiger partial charge in [0.15, 0.2) is 0 Å². The molecule has 1 aromatic carbocycles. The van der Waals surface area contributed by atoms with Crippen molar-refractivity contribution in [3.63, 3.8) is 0 Å². The lowest BCUT2D eigenvalue weighted by molar-refractivity contribution is 0.266. The lowest BCUT2D eigenvalue weighted by Gasteiger charge is -2.25. The number of nitrogens with one attached hydrogen (secondary N) is 1. The summed E-state index contributed by atoms with van der Waals surface area (Å²) in [6, 6.07) is 8.22. The van der Waals surface area contributed by atoms with Crippen LogP contribution in [0.15, 0.2) is 36.8 Å². The maximum Gasteiger partial charge on any atom is 0.137 e. The topological polar surface area (TPSA) is 75.9 Å². The van der Waals surface area contributed by atoms with Crippen LogP contribution in [0.3, 0.4) is 0 Å². The van der Waals surface area contributed by atoms with Gasteiger partial charge in [-0.3, -0.25) is 4.68 Å². The van der Waals surface area contributed by atoms with Crippen molar-refractivity contribution in [2.45, 2.75) is 31.8 Å². The van der Waals surface area contributed by atoms with Crippen molar-refractivity contribution in [1.29, 1.82) is 0 Å². The molecule has 23 heavy (non-hydrogen) atoms. The predicted octanol–water partition coefficient (Wildman–Crippen LogP) is 2.31. The van der Waals surface area contributed by atoms with E-state index in [0.29, 0.717) is 6.54 Å². The Morgan fingerprint density at radius 1 is 1.26 bits per heavy atom. The van der Waals surface area contributed by atoms with Crippen LogP contribution in [-0.2, 0) is 13.0 Å². The fourth-order valence-corrected chi connectivity index (χ4v) is 3.34. The summed E-state index contributed by atoms with van der Waals surface area (Å²) in [7, 11) is 0. The number of aromatic nitrogens is 4. The van der Waals surface area contributed by atoms with Crippen molar-refractivity contribution in [2.24, 2.45) is 0 Å². The molecule has 118 valence electrons. The summed E-state index contributed by atoms with van der Waals surface area (Å²) in [5.74, 6) is 0.864. The van der Waals surface area contributed by atoms with Crippen LogP contribution < -0.4 is 5.32 Å². The van der Waals surface area contributed by atoms with Gasteiger partial charge in [-0.2, -0.15) is 5.10 Å². The molecule has 6 heteroatoms. The second-order valence-corrected chi connectivity index (χ2v) is 5.82. The van der Waals surface area contributed by atoms with E-state index < -0.39 is 0 Å². The average molecular weight is 309 g/mol. The Balaban J connectivity index is 1.68. The Bertz CT molecular complexity index is 823. The molecule has 2 N–H and O–H groups in total. The highest BCUT2D eigenvalue weighted by Gasteiger charge is 2.24. The standard InChI is InChI=1S/C17H19N5O/c23-9-8-22-16-7-3-6-15(13(16)10-20-22)21-17-12-4-1-2-5-14(12)18-11-19-17/h1-2,4-5,10-11,15,23H,3,6-9H2,(H,18,19,21)/t15-/m0/s1. The van der Waals surface area contributed by atoms with Crippen molar-refractivity contribution < 1.29 is 5.11 Å². The van der Waals surface area contributed by atoms with Gasteiger partial charge in [0.2, 0.25) is 0 Å². The second kappa shape index (κ2) is 5.96. The molecule has 0 radical (unpaired) electrons. The van der Waals surface area contributed by atoms with Gasteiger partial charge in [0.05, 0.1) is 30.9 Å². The van der Waals surface area contributed by atoms with Gasteiger partial charge in [0, 0.05) is 16.6 Å². The monoisotopic (exact) mass is 309 g/mol. The fourth-order valence-electron chi connectivity index (χ4n) is 3.34. The molecule has 0 bridgehead atoms. The largest absolute Gasteiger partial charge is 0.394 e. The fraction of sp³-hybridized carbons (Fsp3) is 0.353. The molecule has 2 aromatic heterocycles. The number of rotatable bonds is 4. The molecular formula is C17H19N5O. The number of aliphatic hydroxyl groups excluding tert-OH is 1. The van der Waals surface area contributed by atoms with E-state index in [9.17, 15) is 0 Å². The minimum Gasteiger partial charge on any atom is -0.394 e. The number of hydrogen-bond donors (Lipinski definition) is 2. The molecule has 1 aliphatic rings. The lowest BCUT2D eigenvalue weighted by Crippen LogP contribution is -2.19. The van der Waals surface area contributed by atoms with Crippen LogP contribution in [0.4, 0.5) is 5.82 Å². The average Bonchev–Trinajstić information content (AvgIpc) is 3.00. The van der Waals surface area contributed by atoms with Gasteiger partial charge in [-0.15, -0.1) is 0 Å². The normalized spacial score (nSPS) is 17.2. The highest BCUT2D eigenvalue weighted by molar-refractivity contribution is 5.88. The van der Waals surface area contributed by atoms with Crippen molar-refractivity contribution >= 4 is 16.7 Å². The summed E-state index contributed by atoms with van der Waals surface area (Å²) in [5, 5.41) is 18.2. The summed E-state index contributed by atoms with van der Waals surface area (Å²) >= 11 is 0. The van der Waals surface area contributed by atoms with Gasteiger partial charge in [-0.05, 0) is 31.4 Å². The second-order valence-electron chi connectivity index (χ2n) is 5.82. The van der Waals surface area contributed by atoms with Gasteiger partial charge in [-0.25, -0.2) is 9.97 Å². The number of aliphatic hydroxyl groups is 1. The van der Waals surface area contributed by atoms with Crippen LogP contribution in [0.25, 0.3) is 10.9 Å². The quantitative estimate of drug-likeness (QED) is 0.773. The highest BCUT2D eigenvalue weighted by atomic mass is 16.3. The van der Waals surface area contributed by atoms with Crippen LogP contribution in [0, 0.1) is 0 Å². The van der Waals surface area contributed by atoms with E-state index in [1.165, 1.54) is 11.3 Å². The predicted molar refractivity (Wildman–Crippen MR) is 88.2 cm³/mol. The zero-order valence-electron chi connectivity index (χ0n) is 12.8. The van der Waals surface area contributed by atoms with E-state index in [1.54, 1.807) is 6.33 Å². The van der Waals surface area contributed by atoms with Crippen LogP contribution in [-0.4, -0.2) is 31.5 Å². The Hall–Kier alpha value is -2.47. The highest BCUT2D eigenvalue weighted by Crippen LogP contribution is 2.33. The van der Waals surface area contributed by atoms with E-state index >= 15 is 0 Å². The lowest BCUT2D eigenvalue weighted by atomic mass is 9.93. The third-order valence-corrected chi connectivity index (χ3v) is 4.43. The van der Waals surface area contributed by atoms with Gasteiger partial charge >= 0.3 is 0 Å². The zero-order valence-corrected chi connectivity index (χ0v) is 12.8. The van der Waals surface area contributed by atoms with Crippen molar-refractivity contribution in [2.75, 3.05) is 11.9 Å². The summed E-state index contributed by atoms with van der Waals surface area (Å²) in [6.45, 7) is 0.668. The number of hydrogen-bond acceptors (Lipinski definition) is 5. The maximum absolute atomic E-state index is 9.17. The third kappa shape index (κ3) is 2.55. The molecule has 1 aliphatic carbocycles. The Labute approximate surface area is 134 Å². The third-order valence-electron chi connectivity index (χ3n) is 4.43. The van der Waals surface area contributed by atoms with Crippen LogP contribution in [0.2, 0.25) is 0 Å². The number of fused-ring (bicyclic) bond motifs is 2. The molecule has 4 rings (SSSR count). The molecule has 0 aliphatic heterocycles. The molecule has 2 heterocycles. The van der Waals surface area contributed by atoms with E-state index in [1.807, 2.05) is 35.1 Å². The van der Waals surface area contributed by atoms with Gasteiger partial charge in [-0.1, -0.05) is 12.1 Å². The first kappa shape index (κ1) is 14.1. The molecule has 0 fully saturated rings. The van der Waals surface area contributed by atoms with Gasteiger partial charge < -0.3 is 10.4 Å². The molecule has 6 nitrogen and oxygen atoms in total. The van der Waals surface area contributed by atoms with E-state index in [2.05, 4.69) is 20.4 Å². The number of anilines is 1. The molecule has 0 amide bonds. The zero-order chi connectivity index (χ0) is 15.6. The molecule has 0 saturated carbocycles. The Morgan fingerprint density at radius 2 is 2.17 bits per heavy atom. The summed E-state index contributed by atoms with van der Waals surface area (Å²) in [5.41, 5.74) is 3.38. The summed E-state index contributed by atoms with van der Waals surface area (Å²) in [4.78, 5) is 8.74. The number of nitrogens with zero attached hydrogens (tertiary/aromatic N) is 4. The molecule has 0 unspecified atom stereocenters. The molecule has 1 atom stereocenters. The Morgan fingerprint density at radius 3 is 3.09 bits per heavy atom. The SMILES string of the molecule is OCCn1ncc2c1CCC[C@@H]2Nc1ncnc2ccccc12. The first-order valence-electron chi connectivity index (χ1n) is 7.98. The summed E-state index contributed by atoms with van der Waals surface area (Å²) in [6.07, 6.45) is 6.69. The van der Waals surface area contributed by atoms with Gasteiger partial charge in [0.1, 0.15) is 12.1 Å². The van der Waals surface area contributed by atoms with Crippen molar-refractivity contribution in [1.82, 2.24) is 19.7 Å². The van der Waals surface area contributed by atoms with E-state index in [0.717, 1.165) is 36.0 Å². The maximum atomic E-state index is 9.17. The first-order chi connectivity index (χ1) is 11.4. The molecule has 0 saturated heterocycles. The van der Waals surface area contributed by atoms with Crippen LogP contribution in [0.5, 0.6) is 0 Å². The Kier molecular flexibility index (Phi) is 3.67. The molecular weight excluding hydrogens is 290 g/mol. The van der Waals surface area contributed by atoms with Gasteiger partial charge in [0.25, 0.3) is 0 Å². The molecule has 3 aromatic rings. The molecule has 0 spiro atoms. The first-order valence-corrected chi connectivity index (χ1v) is 7.98. The van der Waals surface area contributed by atoms with E-state index in [-0.39, 0.29) is 12.6 Å². The minimum absolute atomic E-state index is 0.114.